The Morgan fingerprint density at radius 2 is 2.07 bits per heavy atom. The Morgan fingerprint density at radius 3 is 2.66 bits per heavy atom. The van der Waals surface area contributed by atoms with Crippen molar-refractivity contribution < 1.29 is 23.1 Å². The van der Waals surface area contributed by atoms with Gasteiger partial charge in [0.25, 0.3) is 0 Å². The molecule has 0 saturated carbocycles. The molecule has 0 amide bonds. The van der Waals surface area contributed by atoms with Gasteiger partial charge in [-0.15, -0.1) is 0 Å². The van der Waals surface area contributed by atoms with Gasteiger partial charge in [-0.2, -0.15) is 13.2 Å². The summed E-state index contributed by atoms with van der Waals surface area (Å²) >= 11 is 6.33. The Labute approximate surface area is 172 Å². The first kappa shape index (κ1) is 21.6. The Morgan fingerprint density at radius 1 is 1.31 bits per heavy atom. The number of hydrogen-bond donors (Lipinski definition) is 1. The number of likely N-dealkylation sites (tertiary alicyclic amines) is 1. The molecular weight excluding hydrogens is 405 g/mol. The molecule has 1 saturated heterocycles. The van der Waals surface area contributed by atoms with E-state index in [1.54, 1.807) is 17.2 Å². The molecule has 0 spiro atoms. The lowest BCUT2D eigenvalue weighted by atomic mass is 9.93. The molecule has 1 aliphatic heterocycles. The fourth-order valence-corrected chi connectivity index (χ4v) is 3.99. The summed E-state index contributed by atoms with van der Waals surface area (Å²) in [6, 6.07) is 5.16. The average molecular weight is 427 g/mol. The van der Waals surface area contributed by atoms with Gasteiger partial charge in [-0.1, -0.05) is 31.0 Å². The third-order valence-electron chi connectivity index (χ3n) is 5.31. The van der Waals surface area contributed by atoms with E-state index >= 15 is 0 Å². The number of benzene rings is 1. The Kier molecular flexibility index (Phi) is 6.49. The lowest BCUT2D eigenvalue weighted by molar-refractivity contribution is -0.145. The maximum atomic E-state index is 13.3. The minimum atomic E-state index is -4.53. The number of carbonyl (C=O) groups is 1. The van der Waals surface area contributed by atoms with E-state index in [0.717, 1.165) is 37.0 Å². The largest absolute Gasteiger partial charge is 0.480 e. The number of nitrogens with zero attached hydrogens (tertiary/aromatic N) is 2. The smallest absolute Gasteiger partial charge is 0.416 e. The fourth-order valence-electron chi connectivity index (χ4n) is 3.77. The van der Waals surface area contributed by atoms with Crippen LogP contribution in [0.3, 0.4) is 0 Å². The molecule has 2 aromatic rings. The zero-order chi connectivity index (χ0) is 21.2. The van der Waals surface area contributed by atoms with Crippen LogP contribution in [-0.4, -0.2) is 33.5 Å². The zero-order valence-corrected chi connectivity index (χ0v) is 16.7. The van der Waals surface area contributed by atoms with Crippen molar-refractivity contribution in [3.63, 3.8) is 0 Å². The second-order valence-electron chi connectivity index (χ2n) is 7.17. The first-order valence-electron chi connectivity index (χ1n) is 9.52. The molecule has 2 heterocycles. The van der Waals surface area contributed by atoms with Crippen molar-refractivity contribution >= 4 is 17.6 Å². The lowest BCUT2D eigenvalue weighted by Crippen LogP contribution is -2.47. The van der Waals surface area contributed by atoms with Crippen LogP contribution in [0.2, 0.25) is 5.02 Å². The van der Waals surface area contributed by atoms with Gasteiger partial charge in [-0.05, 0) is 61.2 Å². The Bertz CT molecular complexity index is 871. The van der Waals surface area contributed by atoms with Crippen LogP contribution in [-0.2, 0) is 17.4 Å². The number of alkyl halides is 3. The van der Waals surface area contributed by atoms with Gasteiger partial charge in [0.15, 0.2) is 0 Å². The second-order valence-corrected chi connectivity index (χ2v) is 7.58. The topological polar surface area (TPSA) is 53.4 Å². The summed E-state index contributed by atoms with van der Waals surface area (Å²) in [5.41, 5.74) is 0.856. The predicted molar refractivity (Wildman–Crippen MR) is 104 cm³/mol. The van der Waals surface area contributed by atoms with Crippen molar-refractivity contribution in [1.82, 2.24) is 9.88 Å². The maximum Gasteiger partial charge on any atom is 0.416 e. The van der Waals surface area contributed by atoms with Crippen LogP contribution in [0.4, 0.5) is 13.2 Å². The minimum Gasteiger partial charge on any atom is -0.480 e. The monoisotopic (exact) mass is 426 g/mol. The van der Waals surface area contributed by atoms with E-state index < -0.39 is 29.8 Å². The molecule has 156 valence electrons. The standard InChI is InChI=1S/C21H22ClF3N2O2/c1-2-13-6-9-17(26-12-13)19(27-10-4-3-5-18(27)20(28)29)15-11-14(21(23,24)25)7-8-16(15)22/h6-9,11-12,18-19H,2-5,10H2,1H3,(H,28,29). The van der Waals surface area contributed by atoms with Crippen molar-refractivity contribution in [2.24, 2.45) is 0 Å². The number of carboxylic acid groups (broad SMARTS) is 1. The first-order valence-corrected chi connectivity index (χ1v) is 9.90. The van der Waals surface area contributed by atoms with Crippen LogP contribution in [0.5, 0.6) is 0 Å². The highest BCUT2D eigenvalue weighted by molar-refractivity contribution is 6.31. The number of aryl methyl sites for hydroxylation is 1. The summed E-state index contributed by atoms with van der Waals surface area (Å²) < 4.78 is 40.0. The molecule has 3 rings (SSSR count). The molecule has 1 N–H and O–H groups in total. The molecule has 1 aliphatic rings. The van der Waals surface area contributed by atoms with Gasteiger partial charge in [0.05, 0.1) is 17.3 Å². The van der Waals surface area contributed by atoms with Crippen molar-refractivity contribution in [2.75, 3.05) is 6.54 Å². The molecular formula is C21H22ClF3N2O2. The predicted octanol–water partition coefficient (Wildman–Crippen LogP) is 5.34. The molecule has 8 heteroatoms. The summed E-state index contributed by atoms with van der Waals surface area (Å²) in [6.45, 7) is 2.41. The highest BCUT2D eigenvalue weighted by Gasteiger charge is 2.38. The van der Waals surface area contributed by atoms with Gasteiger partial charge in [0.2, 0.25) is 0 Å². The maximum absolute atomic E-state index is 13.3. The van der Waals surface area contributed by atoms with Crippen LogP contribution in [0.1, 0.15) is 54.6 Å². The van der Waals surface area contributed by atoms with E-state index in [1.807, 2.05) is 13.0 Å². The van der Waals surface area contributed by atoms with Crippen LogP contribution >= 0.6 is 11.6 Å². The second kappa shape index (κ2) is 8.71. The molecule has 2 atom stereocenters. The molecule has 1 aromatic carbocycles. The van der Waals surface area contributed by atoms with Gasteiger partial charge in [-0.25, -0.2) is 0 Å². The number of hydrogen-bond acceptors (Lipinski definition) is 3. The lowest BCUT2D eigenvalue weighted by Gasteiger charge is -2.39. The third-order valence-corrected chi connectivity index (χ3v) is 5.66. The van der Waals surface area contributed by atoms with Gasteiger partial charge >= 0.3 is 12.1 Å². The van der Waals surface area contributed by atoms with Gasteiger partial charge in [0.1, 0.15) is 6.04 Å². The average Bonchev–Trinajstić information content (AvgIpc) is 2.69. The van der Waals surface area contributed by atoms with E-state index in [0.29, 0.717) is 18.7 Å². The quantitative estimate of drug-likeness (QED) is 0.700. The minimum absolute atomic E-state index is 0.152. The number of piperidine rings is 1. The normalized spacial score (nSPS) is 19.1. The molecule has 0 radical (unpaired) electrons. The van der Waals surface area contributed by atoms with E-state index in [-0.39, 0.29) is 10.6 Å². The molecule has 1 aromatic heterocycles. The molecule has 2 unspecified atom stereocenters. The van der Waals surface area contributed by atoms with Crippen molar-refractivity contribution in [2.45, 2.75) is 50.9 Å². The fraction of sp³-hybridized carbons (Fsp3) is 0.429. The number of carboxylic acids is 1. The summed E-state index contributed by atoms with van der Waals surface area (Å²) in [4.78, 5) is 18.0. The van der Waals surface area contributed by atoms with Crippen LogP contribution in [0, 0.1) is 0 Å². The number of halogens is 4. The van der Waals surface area contributed by atoms with Gasteiger partial charge < -0.3 is 5.11 Å². The van der Waals surface area contributed by atoms with Gasteiger partial charge in [-0.3, -0.25) is 14.7 Å². The van der Waals surface area contributed by atoms with E-state index in [1.165, 1.54) is 6.07 Å². The molecule has 0 aliphatic carbocycles. The first-order chi connectivity index (χ1) is 13.7. The van der Waals surface area contributed by atoms with E-state index in [2.05, 4.69) is 4.98 Å². The Balaban J connectivity index is 2.16. The highest BCUT2D eigenvalue weighted by atomic mass is 35.5. The van der Waals surface area contributed by atoms with Crippen molar-refractivity contribution in [1.29, 1.82) is 0 Å². The summed E-state index contributed by atoms with van der Waals surface area (Å²) in [6.07, 6.45) is -0.164. The molecule has 0 bridgehead atoms. The van der Waals surface area contributed by atoms with Crippen LogP contribution in [0.15, 0.2) is 36.5 Å². The number of aromatic nitrogens is 1. The van der Waals surface area contributed by atoms with Crippen molar-refractivity contribution in [3.05, 3.63) is 63.9 Å². The Hall–Kier alpha value is -2.12. The highest BCUT2D eigenvalue weighted by Crippen LogP contribution is 2.40. The van der Waals surface area contributed by atoms with E-state index in [4.69, 9.17) is 11.6 Å². The van der Waals surface area contributed by atoms with Gasteiger partial charge in [0, 0.05) is 11.2 Å². The van der Waals surface area contributed by atoms with Crippen LogP contribution in [0.25, 0.3) is 0 Å². The summed E-state index contributed by atoms with van der Waals surface area (Å²) in [5, 5.41) is 9.86. The number of rotatable bonds is 5. The number of pyridine rings is 1. The number of aliphatic carboxylic acids is 1. The third kappa shape index (κ3) is 4.73. The van der Waals surface area contributed by atoms with Crippen LogP contribution < -0.4 is 0 Å². The zero-order valence-electron chi connectivity index (χ0n) is 15.9. The van der Waals surface area contributed by atoms with Crippen molar-refractivity contribution in [3.8, 4) is 0 Å². The molecule has 4 nitrogen and oxygen atoms in total. The molecule has 1 fully saturated rings. The molecule has 29 heavy (non-hydrogen) atoms. The SMILES string of the molecule is CCc1ccc(C(c2cc(C(F)(F)F)ccc2Cl)N2CCCCC2C(=O)O)nc1. The summed E-state index contributed by atoms with van der Waals surface area (Å²) in [5.74, 6) is -0.997. The van der Waals surface area contributed by atoms with E-state index in [9.17, 15) is 23.1 Å². The summed E-state index contributed by atoms with van der Waals surface area (Å²) in [7, 11) is 0.